The van der Waals surface area contributed by atoms with Crippen molar-refractivity contribution in [3.8, 4) is 0 Å². The molecule has 0 spiro atoms. The van der Waals surface area contributed by atoms with Crippen molar-refractivity contribution in [3.05, 3.63) is 70.8 Å². The van der Waals surface area contributed by atoms with E-state index in [2.05, 4.69) is 10.6 Å². The molecule has 0 saturated carbocycles. The zero-order valence-corrected chi connectivity index (χ0v) is 13.5. The molecule has 0 saturated heterocycles. The highest BCUT2D eigenvalue weighted by Crippen LogP contribution is 2.29. The van der Waals surface area contributed by atoms with Gasteiger partial charge in [0, 0.05) is 25.6 Å². The molecule has 0 heterocycles. The van der Waals surface area contributed by atoms with Gasteiger partial charge in [-0.05, 0) is 35.4 Å². The minimum absolute atomic E-state index is 0.00357. The van der Waals surface area contributed by atoms with Gasteiger partial charge in [0.05, 0.1) is 5.56 Å². The van der Waals surface area contributed by atoms with E-state index in [4.69, 9.17) is 0 Å². The molecule has 0 fully saturated rings. The number of carbonyl (C=O) groups excluding carboxylic acids is 2. The Morgan fingerprint density at radius 2 is 1.56 bits per heavy atom. The standard InChI is InChI=1S/C18H17F3N2O2/c1-12(24)22-10-13-5-7-15(8-6-13)17(25)23-11-14-3-2-4-16(9-14)18(19,20)21/h2-9H,10-11H2,1H3,(H,22,24)(H,23,25). The summed E-state index contributed by atoms with van der Waals surface area (Å²) in [6.07, 6.45) is -4.41. The van der Waals surface area contributed by atoms with Crippen molar-refractivity contribution in [1.29, 1.82) is 0 Å². The molecular formula is C18H17F3N2O2. The van der Waals surface area contributed by atoms with Crippen LogP contribution in [0.5, 0.6) is 0 Å². The molecule has 25 heavy (non-hydrogen) atoms. The summed E-state index contributed by atoms with van der Waals surface area (Å²) in [6, 6.07) is 11.4. The van der Waals surface area contributed by atoms with Crippen LogP contribution in [0, 0.1) is 0 Å². The summed E-state index contributed by atoms with van der Waals surface area (Å²) >= 11 is 0. The topological polar surface area (TPSA) is 58.2 Å². The van der Waals surface area contributed by atoms with Gasteiger partial charge in [0.25, 0.3) is 5.91 Å². The van der Waals surface area contributed by atoms with Crippen LogP contribution in [-0.2, 0) is 24.1 Å². The lowest BCUT2D eigenvalue weighted by Gasteiger charge is -2.10. The first-order valence-electron chi connectivity index (χ1n) is 7.53. The first-order chi connectivity index (χ1) is 11.8. The fraction of sp³-hybridized carbons (Fsp3) is 0.222. The summed E-state index contributed by atoms with van der Waals surface area (Å²) in [6.45, 7) is 1.77. The van der Waals surface area contributed by atoms with Crippen molar-refractivity contribution in [2.75, 3.05) is 0 Å². The molecule has 0 atom stereocenters. The highest BCUT2D eigenvalue weighted by Gasteiger charge is 2.30. The molecule has 7 heteroatoms. The van der Waals surface area contributed by atoms with Gasteiger partial charge >= 0.3 is 6.18 Å². The fourth-order valence-electron chi connectivity index (χ4n) is 2.14. The molecule has 0 unspecified atom stereocenters. The Labute approximate surface area is 143 Å². The van der Waals surface area contributed by atoms with Crippen LogP contribution in [0.2, 0.25) is 0 Å². The molecule has 2 rings (SSSR count). The van der Waals surface area contributed by atoms with E-state index >= 15 is 0 Å². The third kappa shape index (κ3) is 5.63. The number of nitrogens with one attached hydrogen (secondary N) is 2. The Morgan fingerprint density at radius 3 is 2.16 bits per heavy atom. The zero-order valence-electron chi connectivity index (χ0n) is 13.5. The molecule has 2 aromatic rings. The minimum atomic E-state index is -4.41. The summed E-state index contributed by atoms with van der Waals surface area (Å²) < 4.78 is 38.0. The maximum atomic E-state index is 12.7. The Morgan fingerprint density at radius 1 is 0.920 bits per heavy atom. The lowest BCUT2D eigenvalue weighted by Crippen LogP contribution is -2.23. The second kappa shape index (κ2) is 7.83. The van der Waals surface area contributed by atoms with Crippen LogP contribution in [-0.4, -0.2) is 11.8 Å². The molecule has 4 nitrogen and oxygen atoms in total. The highest BCUT2D eigenvalue weighted by atomic mass is 19.4. The van der Waals surface area contributed by atoms with E-state index in [0.717, 1.165) is 17.7 Å². The molecule has 2 N–H and O–H groups in total. The van der Waals surface area contributed by atoms with Crippen LogP contribution in [0.15, 0.2) is 48.5 Å². The second-order valence-corrected chi connectivity index (χ2v) is 5.49. The summed E-state index contributed by atoms with van der Waals surface area (Å²) in [7, 11) is 0. The van der Waals surface area contributed by atoms with E-state index < -0.39 is 11.7 Å². The number of amides is 2. The van der Waals surface area contributed by atoms with Crippen molar-refractivity contribution < 1.29 is 22.8 Å². The summed E-state index contributed by atoms with van der Waals surface area (Å²) in [5.74, 6) is -0.536. The van der Waals surface area contributed by atoms with Gasteiger partial charge in [-0.2, -0.15) is 13.2 Å². The zero-order chi connectivity index (χ0) is 18.4. The quantitative estimate of drug-likeness (QED) is 0.870. The third-order valence-electron chi connectivity index (χ3n) is 3.46. The van der Waals surface area contributed by atoms with Crippen molar-refractivity contribution >= 4 is 11.8 Å². The lowest BCUT2D eigenvalue weighted by atomic mass is 10.1. The monoisotopic (exact) mass is 350 g/mol. The van der Waals surface area contributed by atoms with Gasteiger partial charge in [-0.15, -0.1) is 0 Å². The number of alkyl halides is 3. The van der Waals surface area contributed by atoms with Crippen molar-refractivity contribution in [2.24, 2.45) is 0 Å². The predicted molar refractivity (Wildman–Crippen MR) is 86.6 cm³/mol. The highest BCUT2D eigenvalue weighted by molar-refractivity contribution is 5.94. The molecule has 2 aromatic carbocycles. The molecule has 0 aliphatic carbocycles. The maximum absolute atomic E-state index is 12.7. The number of halogens is 3. The Balaban J connectivity index is 1.95. The SMILES string of the molecule is CC(=O)NCc1ccc(C(=O)NCc2cccc(C(F)(F)F)c2)cc1. The number of carbonyl (C=O) groups is 2. The van der Waals surface area contributed by atoms with E-state index in [1.165, 1.54) is 19.1 Å². The molecule has 2 amide bonds. The average molecular weight is 350 g/mol. The first kappa shape index (κ1) is 18.5. The van der Waals surface area contributed by atoms with Crippen molar-refractivity contribution in [2.45, 2.75) is 26.2 Å². The van der Waals surface area contributed by atoms with Gasteiger partial charge in [0.15, 0.2) is 0 Å². The molecule has 0 aromatic heterocycles. The van der Waals surface area contributed by atoms with E-state index in [-0.39, 0.29) is 18.4 Å². The number of rotatable bonds is 5. The van der Waals surface area contributed by atoms with Crippen LogP contribution in [0.25, 0.3) is 0 Å². The minimum Gasteiger partial charge on any atom is -0.352 e. The summed E-state index contributed by atoms with van der Waals surface area (Å²) in [4.78, 5) is 22.9. The Bertz CT molecular complexity index is 756. The van der Waals surface area contributed by atoms with Crippen molar-refractivity contribution in [3.63, 3.8) is 0 Å². The van der Waals surface area contributed by atoms with Crippen LogP contribution in [0.3, 0.4) is 0 Å². The molecule has 0 aliphatic rings. The van der Waals surface area contributed by atoms with E-state index in [9.17, 15) is 22.8 Å². The fourth-order valence-corrected chi connectivity index (χ4v) is 2.14. The Hall–Kier alpha value is -2.83. The van der Waals surface area contributed by atoms with Crippen molar-refractivity contribution in [1.82, 2.24) is 10.6 Å². The Kier molecular flexibility index (Phi) is 5.80. The molecule has 0 aliphatic heterocycles. The van der Waals surface area contributed by atoms with E-state index in [0.29, 0.717) is 17.7 Å². The van der Waals surface area contributed by atoms with Crippen LogP contribution in [0.1, 0.15) is 34.0 Å². The largest absolute Gasteiger partial charge is 0.416 e. The first-order valence-corrected chi connectivity index (χ1v) is 7.53. The average Bonchev–Trinajstić information content (AvgIpc) is 2.58. The molecule has 132 valence electrons. The van der Waals surface area contributed by atoms with Gasteiger partial charge in [0.1, 0.15) is 0 Å². The lowest BCUT2D eigenvalue weighted by molar-refractivity contribution is -0.137. The second-order valence-electron chi connectivity index (χ2n) is 5.49. The normalized spacial score (nSPS) is 11.0. The summed E-state index contributed by atoms with van der Waals surface area (Å²) in [5, 5.41) is 5.23. The number of hydrogen-bond donors (Lipinski definition) is 2. The van der Waals surface area contributed by atoms with Gasteiger partial charge in [0.2, 0.25) is 5.91 Å². The van der Waals surface area contributed by atoms with E-state index in [1.807, 2.05) is 0 Å². The molecule has 0 bridgehead atoms. The predicted octanol–water partition coefficient (Wildman–Crippen LogP) is 3.27. The maximum Gasteiger partial charge on any atom is 0.416 e. The number of hydrogen-bond acceptors (Lipinski definition) is 2. The van der Waals surface area contributed by atoms with Crippen LogP contribution in [0.4, 0.5) is 13.2 Å². The van der Waals surface area contributed by atoms with Crippen LogP contribution < -0.4 is 10.6 Å². The number of benzene rings is 2. The van der Waals surface area contributed by atoms with Gasteiger partial charge < -0.3 is 10.6 Å². The molecule has 0 radical (unpaired) electrons. The van der Waals surface area contributed by atoms with Gasteiger partial charge in [-0.25, -0.2) is 0 Å². The van der Waals surface area contributed by atoms with E-state index in [1.54, 1.807) is 24.3 Å². The van der Waals surface area contributed by atoms with Crippen LogP contribution >= 0.6 is 0 Å². The third-order valence-corrected chi connectivity index (χ3v) is 3.46. The smallest absolute Gasteiger partial charge is 0.352 e. The van der Waals surface area contributed by atoms with Gasteiger partial charge in [-0.1, -0.05) is 24.3 Å². The summed E-state index contributed by atoms with van der Waals surface area (Å²) in [5.41, 5.74) is 0.843. The molecular weight excluding hydrogens is 333 g/mol. The van der Waals surface area contributed by atoms with Gasteiger partial charge in [-0.3, -0.25) is 9.59 Å².